The van der Waals surface area contributed by atoms with Crippen molar-refractivity contribution in [2.24, 2.45) is 29.0 Å². The molecule has 50 nitrogen and oxygen atoms in total. The summed E-state index contributed by atoms with van der Waals surface area (Å²) in [6.07, 6.45) is 1.51. The molecule has 14 atom stereocenters. The number of nitrogens with zero attached hydrogens (tertiary/aromatic N) is 2. The van der Waals surface area contributed by atoms with Crippen LogP contribution in [-0.2, 0) is 115 Å². The van der Waals surface area contributed by atoms with E-state index in [2.05, 4.69) is 110 Å². The molecular formula is C77H119N25O25. The molecule has 0 bridgehead atoms. The normalized spacial score (nSPS) is 14.3. The molecule has 16 amide bonds. The van der Waals surface area contributed by atoms with Crippen LogP contribution in [0.15, 0.2) is 49.3 Å². The molecule has 0 spiro atoms. The summed E-state index contributed by atoms with van der Waals surface area (Å²) in [6, 6.07) is -15.7. The number of H-pyrrole nitrogens is 2. The van der Waals surface area contributed by atoms with E-state index in [1.165, 1.54) is 63.2 Å². The number of guanidine groups is 1. The molecule has 31 N–H and O–H groups in total. The highest BCUT2D eigenvalue weighted by Crippen LogP contribution is 2.15. The molecule has 1 aromatic carbocycles. The van der Waals surface area contributed by atoms with E-state index in [-0.39, 0.29) is 55.9 Å². The smallest absolute Gasteiger partial charge is 0.326 e. The van der Waals surface area contributed by atoms with Gasteiger partial charge < -0.3 is 143 Å². The van der Waals surface area contributed by atoms with E-state index in [1.54, 1.807) is 27.7 Å². The van der Waals surface area contributed by atoms with Crippen LogP contribution in [0.25, 0.3) is 0 Å². The van der Waals surface area contributed by atoms with Gasteiger partial charge in [-0.3, -0.25) is 96.5 Å². The second-order valence-corrected chi connectivity index (χ2v) is 30.5. The Bertz CT molecular complexity index is 4270. The fraction of sp³-hybridized carbons (Fsp3) is 0.571. The maximum Gasteiger partial charge on any atom is 0.326 e. The standard InChI is InChI=1S/C77H119N25O25/c1-37(2)26-52(74(124)97-51(20-23-61(111)112)72(122)96-48(13-11-25-84-77(80)81)70(120)101-55(76(126)127)29-45-31-83-36-89-45)98-66(116)42(8)93-69(119)50(19-22-60(109)110)95-64(114)40(6)90-56(104)32-86-68(118)53(27-43-14-16-46(103)17-15-43)100-71(121)49(18-21-59(107)108)94-58(106)34-85-63(113)39(5)92-73(123)54(28-44-30-82-35-88-44)99-65(115)41(7)91-57(105)33-87-75(125)62(38(3)4)102-67(117)47(79)12-9-10-24-78/h14-17,30-31,35-42,47-55,62,103H,9-13,18-29,32-34,78-79H2,1-8H3,(H,82,88)(H,83,89)(H,85,113)(H,86,118)(H,87,125)(H,90,104)(H,91,105)(H,92,123)(H,93,119)(H,94,106)(H,95,114)(H,96,122)(H,97,124)(H,98,116)(H,99,115)(H,100,121)(H,101,120)(H,102,117)(H,107,108)(H,109,110)(H,111,112)(H,126,127)(H4,80,81,84)/t39-,40-,41-,42-,47-,48-,49-,50-,51-,52-,53-,54-,55-,62-/m0/s1. The predicted molar refractivity (Wildman–Crippen MR) is 446 cm³/mol. The first-order valence-electron chi connectivity index (χ1n) is 40.7. The average Bonchev–Trinajstić information content (AvgIpc) is 1.83. The zero-order valence-electron chi connectivity index (χ0n) is 71.5. The van der Waals surface area contributed by atoms with Gasteiger partial charge >= 0.3 is 23.9 Å². The van der Waals surface area contributed by atoms with E-state index in [4.69, 9.17) is 22.6 Å². The first kappa shape index (κ1) is 107. The van der Waals surface area contributed by atoms with Crippen molar-refractivity contribution in [3.05, 3.63) is 66.3 Å². The van der Waals surface area contributed by atoms with E-state index < -0.39 is 279 Å². The Morgan fingerprint density at radius 3 is 1.22 bits per heavy atom. The number of benzene rings is 1. The molecule has 0 saturated carbocycles. The van der Waals surface area contributed by atoms with Crippen molar-refractivity contribution in [1.82, 2.24) is 110 Å². The predicted octanol–water partition coefficient (Wildman–Crippen LogP) is -8.30. The number of unbranched alkanes of at least 4 members (excludes halogenated alkanes) is 1. The number of aromatic hydroxyl groups is 1. The molecule has 0 fully saturated rings. The van der Waals surface area contributed by atoms with E-state index in [0.717, 1.165) is 13.8 Å². The Balaban J connectivity index is 1.71. The molecule has 0 aliphatic rings. The number of carboxylic acid groups (broad SMARTS) is 4. The number of phenolic OH excluding ortho intramolecular Hbond substituents is 1. The molecule has 0 radical (unpaired) electrons. The largest absolute Gasteiger partial charge is 0.508 e. The van der Waals surface area contributed by atoms with Gasteiger partial charge in [0.1, 0.15) is 84.3 Å². The van der Waals surface area contributed by atoms with Crippen molar-refractivity contribution < 1.29 is 121 Å². The Kier molecular flexibility index (Phi) is 46.7. The fourth-order valence-corrected chi connectivity index (χ4v) is 11.9. The Morgan fingerprint density at radius 1 is 0.394 bits per heavy atom. The van der Waals surface area contributed by atoms with Crippen LogP contribution < -0.4 is 108 Å². The lowest BCUT2D eigenvalue weighted by molar-refractivity contribution is -0.142. The lowest BCUT2D eigenvalue weighted by atomic mass is 10.0. The number of aromatic amines is 2. The zero-order valence-corrected chi connectivity index (χ0v) is 71.5. The van der Waals surface area contributed by atoms with Crippen LogP contribution >= 0.6 is 0 Å². The van der Waals surface area contributed by atoms with Gasteiger partial charge in [-0.1, -0.05) is 46.2 Å². The molecule has 3 aromatic rings. The highest BCUT2D eigenvalue weighted by atomic mass is 16.4. The van der Waals surface area contributed by atoms with Gasteiger partial charge in [0.2, 0.25) is 94.5 Å². The van der Waals surface area contributed by atoms with Crippen molar-refractivity contribution >= 4 is 124 Å². The summed E-state index contributed by atoms with van der Waals surface area (Å²) in [6.45, 7) is 9.30. The molecule has 2 aromatic heterocycles. The van der Waals surface area contributed by atoms with Crippen molar-refractivity contribution in [2.75, 3.05) is 32.7 Å². The van der Waals surface area contributed by atoms with Crippen LogP contribution in [0.5, 0.6) is 5.75 Å². The molecule has 0 saturated heterocycles. The highest BCUT2D eigenvalue weighted by molar-refractivity contribution is 6.00. The SMILES string of the molecule is CC(C)C[C@H](NC(=O)[C@H](C)NC(=O)[C@H](CCC(=O)O)NC(=O)[C@H](C)NC(=O)CNC(=O)[C@H](Cc1ccc(O)cc1)NC(=O)[C@H](CCC(=O)O)NC(=O)CNC(=O)[C@H](C)NC(=O)[C@H](Cc1cnc[nH]1)NC(=O)[C@H](C)NC(=O)CNC(=O)[C@@H](NC(=O)[C@@H](N)CCCCN)C(C)C)C(=O)N[C@@H](CCC(=O)O)C(=O)N[C@@H](CCCNC(=N)N)C(=O)N[C@@H](Cc1cnc[nH]1)C(=O)O. The molecule has 0 aliphatic heterocycles. The lowest BCUT2D eigenvalue weighted by Gasteiger charge is -2.27. The third kappa shape index (κ3) is 41.8. The number of amides is 16. The van der Waals surface area contributed by atoms with Gasteiger partial charge in [-0.25, -0.2) is 14.8 Å². The Labute approximate surface area is 728 Å². The Morgan fingerprint density at radius 2 is 0.772 bits per heavy atom. The van der Waals surface area contributed by atoms with Crippen molar-refractivity contribution in [1.29, 1.82) is 5.41 Å². The van der Waals surface area contributed by atoms with E-state index in [9.17, 15) is 121 Å². The van der Waals surface area contributed by atoms with E-state index >= 15 is 0 Å². The average molecular weight is 1790 g/mol. The second kappa shape index (κ2) is 55.3. The molecule has 2 heterocycles. The minimum atomic E-state index is -1.76. The maximum atomic E-state index is 14.1. The summed E-state index contributed by atoms with van der Waals surface area (Å²) in [7, 11) is 0. The number of aliphatic carboxylic acids is 4. The molecule has 3 rings (SSSR count). The summed E-state index contributed by atoms with van der Waals surface area (Å²) in [5.74, 6) is -23.1. The van der Waals surface area contributed by atoms with Gasteiger partial charge in [-0.2, -0.15) is 0 Å². The van der Waals surface area contributed by atoms with Crippen LogP contribution in [0.2, 0.25) is 0 Å². The van der Waals surface area contributed by atoms with Crippen LogP contribution in [0.3, 0.4) is 0 Å². The van der Waals surface area contributed by atoms with Crippen molar-refractivity contribution in [2.45, 2.75) is 236 Å². The lowest BCUT2D eigenvalue weighted by Crippen LogP contribution is -2.59. The number of hydrogen-bond donors (Lipinski definition) is 28. The topological polar surface area (TPSA) is 806 Å². The van der Waals surface area contributed by atoms with Gasteiger partial charge in [-0.05, 0) is 115 Å². The number of carbonyl (C=O) groups is 20. The molecule has 0 unspecified atom stereocenters. The number of aromatic nitrogens is 4. The maximum absolute atomic E-state index is 14.1. The fourth-order valence-electron chi connectivity index (χ4n) is 11.9. The quantitative estimate of drug-likeness (QED) is 0.0142. The molecule has 50 heteroatoms. The first-order chi connectivity index (χ1) is 59.8. The first-order valence-corrected chi connectivity index (χ1v) is 40.7. The molecular weight excluding hydrogens is 1670 g/mol. The van der Waals surface area contributed by atoms with Crippen LogP contribution in [0.4, 0.5) is 0 Å². The number of nitrogens with two attached hydrogens (primary N) is 3. The third-order valence-electron chi connectivity index (χ3n) is 18.9. The summed E-state index contributed by atoms with van der Waals surface area (Å²) < 4.78 is 0. The Hall–Kier alpha value is -14.0. The second-order valence-electron chi connectivity index (χ2n) is 30.5. The number of rotatable bonds is 59. The molecule has 702 valence electrons. The number of hydrogen-bond acceptors (Lipinski definition) is 26. The summed E-state index contributed by atoms with van der Waals surface area (Å²) in [4.78, 5) is 279. The summed E-state index contributed by atoms with van der Waals surface area (Å²) >= 11 is 0. The van der Waals surface area contributed by atoms with Gasteiger partial charge in [0.15, 0.2) is 5.96 Å². The zero-order chi connectivity index (χ0) is 95.3. The minimum Gasteiger partial charge on any atom is -0.508 e. The summed E-state index contributed by atoms with van der Waals surface area (Å²) in [5.41, 5.74) is 17.8. The monoisotopic (exact) mass is 1790 g/mol. The van der Waals surface area contributed by atoms with Crippen molar-refractivity contribution in [3.63, 3.8) is 0 Å². The van der Waals surface area contributed by atoms with Gasteiger partial charge in [0, 0.05) is 68.9 Å². The summed E-state index contributed by atoms with van der Waals surface area (Å²) in [5, 5.41) is 96.8. The molecule has 127 heavy (non-hydrogen) atoms. The van der Waals surface area contributed by atoms with E-state index in [1.807, 2.05) is 0 Å². The minimum absolute atomic E-state index is 0.00673. The van der Waals surface area contributed by atoms with Crippen LogP contribution in [-0.4, -0.2) is 287 Å². The van der Waals surface area contributed by atoms with Gasteiger partial charge in [0.05, 0.1) is 38.3 Å². The van der Waals surface area contributed by atoms with E-state index in [0.29, 0.717) is 37.2 Å². The van der Waals surface area contributed by atoms with Gasteiger partial charge in [-0.15, -0.1) is 0 Å². The van der Waals surface area contributed by atoms with Crippen LogP contribution in [0, 0.1) is 17.2 Å². The van der Waals surface area contributed by atoms with Gasteiger partial charge in [0.25, 0.3) is 0 Å². The number of imidazole rings is 2. The third-order valence-corrected chi connectivity index (χ3v) is 18.9. The number of phenols is 1. The van der Waals surface area contributed by atoms with Crippen LogP contribution in [0.1, 0.15) is 149 Å². The van der Waals surface area contributed by atoms with Crippen molar-refractivity contribution in [3.8, 4) is 5.75 Å². The number of nitrogens with one attached hydrogen (secondary N) is 20. The highest BCUT2D eigenvalue weighted by Gasteiger charge is 2.37. The number of carboxylic acids is 4. The number of carbonyl (C=O) groups excluding carboxylic acids is 16. The molecule has 0 aliphatic carbocycles.